The van der Waals surface area contributed by atoms with Gasteiger partial charge in [0.1, 0.15) is 10.7 Å². The molecule has 0 aromatic heterocycles. The molecule has 1 N–H and O–H groups in total. The number of carbonyl (C=O) groups is 1. The first kappa shape index (κ1) is 20.5. The van der Waals surface area contributed by atoms with Gasteiger partial charge in [0, 0.05) is 18.0 Å². The van der Waals surface area contributed by atoms with Gasteiger partial charge in [-0.1, -0.05) is 17.7 Å². The lowest BCUT2D eigenvalue weighted by atomic mass is 10.2. The van der Waals surface area contributed by atoms with Crippen molar-refractivity contribution in [1.82, 2.24) is 0 Å². The summed E-state index contributed by atoms with van der Waals surface area (Å²) in [6.07, 6.45) is 0.818. The third-order valence-electron chi connectivity index (χ3n) is 3.45. The van der Waals surface area contributed by atoms with Crippen LogP contribution < -0.4 is 5.32 Å². The fourth-order valence-corrected chi connectivity index (χ4v) is 3.38. The largest absolute Gasteiger partial charge is 0.462 e. The SMILES string of the molecule is CCOC(=O)C(=CNc1ccc(C)cc1)S(=O)(=O)c1cc(F)c(F)cc1F. The number of sulfone groups is 1. The first-order valence-electron chi connectivity index (χ1n) is 7.77. The van der Waals surface area contributed by atoms with E-state index in [2.05, 4.69) is 5.32 Å². The zero-order chi connectivity index (χ0) is 20.2. The number of anilines is 1. The Morgan fingerprint density at radius 3 is 2.26 bits per heavy atom. The third-order valence-corrected chi connectivity index (χ3v) is 5.21. The average molecular weight is 399 g/mol. The maximum absolute atomic E-state index is 14.0. The quantitative estimate of drug-likeness (QED) is 0.347. The van der Waals surface area contributed by atoms with Crippen molar-refractivity contribution in [3.05, 3.63) is 70.5 Å². The Hall–Kier alpha value is -2.81. The Bertz CT molecular complexity index is 986. The van der Waals surface area contributed by atoms with Crippen LogP contribution in [0.25, 0.3) is 0 Å². The van der Waals surface area contributed by atoms with Crippen LogP contribution in [0.5, 0.6) is 0 Å². The van der Waals surface area contributed by atoms with E-state index in [1.807, 2.05) is 6.92 Å². The summed E-state index contributed by atoms with van der Waals surface area (Å²) in [5.74, 6) is -5.91. The van der Waals surface area contributed by atoms with Crippen LogP contribution in [0.2, 0.25) is 0 Å². The molecule has 2 aromatic rings. The zero-order valence-corrected chi connectivity index (χ0v) is 15.2. The van der Waals surface area contributed by atoms with Crippen molar-refractivity contribution in [1.29, 1.82) is 0 Å². The van der Waals surface area contributed by atoms with Crippen LogP contribution in [-0.2, 0) is 19.4 Å². The van der Waals surface area contributed by atoms with Gasteiger partial charge in [0.05, 0.1) is 6.61 Å². The Morgan fingerprint density at radius 2 is 1.67 bits per heavy atom. The van der Waals surface area contributed by atoms with Gasteiger partial charge in [-0.15, -0.1) is 0 Å². The zero-order valence-electron chi connectivity index (χ0n) is 14.4. The first-order chi connectivity index (χ1) is 12.7. The van der Waals surface area contributed by atoms with E-state index in [4.69, 9.17) is 4.74 Å². The number of halogens is 3. The minimum atomic E-state index is -4.83. The summed E-state index contributed by atoms with van der Waals surface area (Å²) in [7, 11) is -4.83. The molecule has 0 radical (unpaired) electrons. The van der Waals surface area contributed by atoms with E-state index in [-0.39, 0.29) is 18.7 Å². The van der Waals surface area contributed by atoms with Crippen LogP contribution in [-0.4, -0.2) is 21.0 Å². The second-order valence-electron chi connectivity index (χ2n) is 5.44. The van der Waals surface area contributed by atoms with E-state index in [1.165, 1.54) is 6.92 Å². The maximum Gasteiger partial charge on any atom is 0.351 e. The van der Waals surface area contributed by atoms with Gasteiger partial charge in [-0.3, -0.25) is 0 Å². The summed E-state index contributed by atoms with van der Waals surface area (Å²) in [5.41, 5.74) is 1.40. The van der Waals surface area contributed by atoms with Crippen molar-refractivity contribution in [2.75, 3.05) is 11.9 Å². The van der Waals surface area contributed by atoms with Gasteiger partial charge in [0.15, 0.2) is 16.5 Å². The normalized spacial score (nSPS) is 12.0. The molecule has 144 valence electrons. The van der Waals surface area contributed by atoms with E-state index in [9.17, 15) is 26.4 Å². The second-order valence-corrected chi connectivity index (χ2v) is 7.33. The van der Waals surface area contributed by atoms with E-state index in [1.54, 1.807) is 24.3 Å². The highest BCUT2D eigenvalue weighted by molar-refractivity contribution is 7.96. The summed E-state index contributed by atoms with van der Waals surface area (Å²) in [4.78, 5) is 9.98. The molecule has 0 heterocycles. The highest BCUT2D eigenvalue weighted by atomic mass is 32.2. The van der Waals surface area contributed by atoms with Crippen molar-refractivity contribution >= 4 is 21.5 Å². The first-order valence-corrected chi connectivity index (χ1v) is 9.25. The highest BCUT2D eigenvalue weighted by Crippen LogP contribution is 2.26. The van der Waals surface area contributed by atoms with Crippen LogP contribution in [0.3, 0.4) is 0 Å². The van der Waals surface area contributed by atoms with Crippen molar-refractivity contribution in [3.63, 3.8) is 0 Å². The minimum absolute atomic E-state index is 0.0956. The van der Waals surface area contributed by atoms with Crippen LogP contribution in [0.1, 0.15) is 12.5 Å². The van der Waals surface area contributed by atoms with Crippen molar-refractivity contribution < 1.29 is 31.1 Å². The van der Waals surface area contributed by atoms with Crippen molar-refractivity contribution in [3.8, 4) is 0 Å². The Balaban J connectivity index is 2.52. The highest BCUT2D eigenvalue weighted by Gasteiger charge is 2.32. The number of rotatable bonds is 6. The molecule has 27 heavy (non-hydrogen) atoms. The molecule has 0 atom stereocenters. The van der Waals surface area contributed by atoms with Gasteiger partial charge in [-0.05, 0) is 32.0 Å². The lowest BCUT2D eigenvalue weighted by Gasteiger charge is -2.11. The molecule has 0 aliphatic rings. The molecule has 0 aliphatic heterocycles. The minimum Gasteiger partial charge on any atom is -0.462 e. The summed E-state index contributed by atoms with van der Waals surface area (Å²) in [6, 6.07) is 7.00. The molecule has 0 aliphatic carbocycles. The van der Waals surface area contributed by atoms with E-state index in [0.29, 0.717) is 5.69 Å². The summed E-state index contributed by atoms with van der Waals surface area (Å²) in [6.45, 7) is 3.16. The summed E-state index contributed by atoms with van der Waals surface area (Å²) in [5, 5.41) is 2.60. The predicted molar refractivity (Wildman–Crippen MR) is 93.0 cm³/mol. The van der Waals surface area contributed by atoms with Crippen LogP contribution in [0, 0.1) is 24.4 Å². The van der Waals surface area contributed by atoms with Crippen LogP contribution >= 0.6 is 0 Å². The number of nitrogens with one attached hydrogen (secondary N) is 1. The molecule has 0 amide bonds. The standard InChI is InChI=1S/C18H16F3NO4S/c1-3-26-18(23)17(10-22-12-6-4-11(2)5-7-12)27(24,25)16-9-14(20)13(19)8-15(16)21/h4-10,22H,3H2,1-2H3. The fourth-order valence-electron chi connectivity index (χ4n) is 2.08. The van der Waals surface area contributed by atoms with Gasteiger partial charge in [-0.2, -0.15) is 0 Å². The second kappa shape index (κ2) is 8.26. The van der Waals surface area contributed by atoms with Crippen molar-refractivity contribution in [2.24, 2.45) is 0 Å². The molecule has 2 aromatic carbocycles. The molecule has 0 fully saturated rings. The summed E-state index contributed by atoms with van der Waals surface area (Å²) < 4.78 is 70.5. The number of hydrogen-bond donors (Lipinski definition) is 1. The molecule has 0 unspecified atom stereocenters. The van der Waals surface area contributed by atoms with Crippen molar-refractivity contribution in [2.45, 2.75) is 18.7 Å². The van der Waals surface area contributed by atoms with E-state index in [0.717, 1.165) is 11.8 Å². The van der Waals surface area contributed by atoms with Crippen LogP contribution in [0.15, 0.2) is 52.4 Å². The molecular weight excluding hydrogens is 383 g/mol. The third kappa shape index (κ3) is 4.68. The molecular formula is C18H16F3NO4S. The molecule has 5 nitrogen and oxygen atoms in total. The molecule has 0 saturated carbocycles. The van der Waals surface area contributed by atoms with Gasteiger partial charge in [0.25, 0.3) is 0 Å². The Labute approximate surface area is 154 Å². The lowest BCUT2D eigenvalue weighted by Crippen LogP contribution is -2.19. The lowest BCUT2D eigenvalue weighted by molar-refractivity contribution is -0.137. The number of esters is 1. The predicted octanol–water partition coefficient (Wildman–Crippen LogP) is 3.70. The smallest absolute Gasteiger partial charge is 0.351 e. The van der Waals surface area contributed by atoms with Crippen LogP contribution in [0.4, 0.5) is 18.9 Å². The van der Waals surface area contributed by atoms with Gasteiger partial charge < -0.3 is 10.1 Å². The number of benzene rings is 2. The monoisotopic (exact) mass is 399 g/mol. The Morgan fingerprint density at radius 1 is 1.07 bits per heavy atom. The molecule has 9 heteroatoms. The van der Waals surface area contributed by atoms with Gasteiger partial charge in [-0.25, -0.2) is 26.4 Å². The topological polar surface area (TPSA) is 72.5 Å². The fraction of sp³-hybridized carbons (Fsp3) is 0.167. The number of carbonyl (C=O) groups excluding carboxylic acids is 1. The van der Waals surface area contributed by atoms with Gasteiger partial charge in [0.2, 0.25) is 9.84 Å². The summed E-state index contributed by atoms with van der Waals surface area (Å²) >= 11 is 0. The number of aryl methyl sites for hydroxylation is 1. The molecule has 0 saturated heterocycles. The molecule has 0 spiro atoms. The number of hydrogen-bond acceptors (Lipinski definition) is 5. The maximum atomic E-state index is 14.0. The van der Waals surface area contributed by atoms with E-state index >= 15 is 0 Å². The van der Waals surface area contributed by atoms with Gasteiger partial charge >= 0.3 is 5.97 Å². The average Bonchev–Trinajstić information content (AvgIpc) is 2.60. The number of ether oxygens (including phenoxy) is 1. The molecule has 2 rings (SSSR count). The Kier molecular flexibility index (Phi) is 6.27. The van der Waals surface area contributed by atoms with E-state index < -0.39 is 43.1 Å². The molecule has 0 bridgehead atoms.